The van der Waals surface area contributed by atoms with E-state index in [0.717, 1.165) is 0 Å². The zero-order chi connectivity index (χ0) is 15.7. The fourth-order valence-electron chi connectivity index (χ4n) is 1.16. The third-order valence-electron chi connectivity index (χ3n) is 2.25. The maximum absolute atomic E-state index is 11.5. The van der Waals surface area contributed by atoms with Gasteiger partial charge in [-0.2, -0.15) is 12.6 Å². The number of aliphatic carboxylic acids is 2. The van der Waals surface area contributed by atoms with Gasteiger partial charge in [-0.05, 0) is 6.42 Å². The molecule has 0 unspecified atom stereocenters. The Balaban J connectivity index is -0.000000301. The van der Waals surface area contributed by atoms with E-state index in [1.165, 1.54) is 0 Å². The number of hydrogen-bond acceptors (Lipinski definition) is 6. The van der Waals surface area contributed by atoms with Gasteiger partial charge in [0.2, 0.25) is 11.8 Å². The fourth-order valence-corrected chi connectivity index (χ4v) is 1.41. The molecule has 0 rings (SSSR count). The second-order valence-corrected chi connectivity index (χ2v) is 4.26. The molecule has 0 bridgehead atoms. The van der Waals surface area contributed by atoms with Gasteiger partial charge in [0.25, 0.3) is 0 Å². The van der Waals surface area contributed by atoms with Gasteiger partial charge in [-0.15, -0.1) is 0 Å². The Morgan fingerprint density at radius 2 is 1.73 bits per heavy atom. The first-order valence-electron chi connectivity index (χ1n) is 5.66. The molecule has 0 radical (unpaired) electrons. The number of carboxylic acid groups (broad SMARTS) is 2. The normalized spacial score (nSPS) is 11.9. The Morgan fingerprint density at radius 1 is 1.18 bits per heavy atom. The summed E-state index contributed by atoms with van der Waals surface area (Å²) in [6.45, 7) is -0.567. The Labute approximate surface area is 180 Å². The van der Waals surface area contributed by atoms with E-state index in [9.17, 15) is 19.2 Å². The minimum absolute atomic E-state index is 0. The Morgan fingerprint density at radius 3 is 2.14 bits per heavy atom. The predicted octanol–water partition coefficient (Wildman–Crippen LogP) is -7.97. The molecule has 0 fully saturated rings. The smallest absolute Gasteiger partial charge is 1.00 e. The van der Waals surface area contributed by atoms with Crippen LogP contribution in [0.3, 0.4) is 0 Å². The zero-order valence-corrected chi connectivity index (χ0v) is 17.4. The molecule has 0 saturated carbocycles. The van der Waals surface area contributed by atoms with Crippen LogP contribution in [0.25, 0.3) is 0 Å². The van der Waals surface area contributed by atoms with Crippen molar-refractivity contribution in [1.29, 1.82) is 0 Å². The topological polar surface area (TPSA) is 159 Å². The Kier molecular flexibility index (Phi) is 18.2. The molecule has 2 atom stereocenters. The quantitative estimate of drug-likeness (QED) is 0.177. The summed E-state index contributed by atoms with van der Waals surface area (Å²) in [4.78, 5) is 43.7. The minimum Gasteiger partial charge on any atom is -1.00 e. The molecule has 0 aromatic rings. The van der Waals surface area contributed by atoms with E-state index < -0.39 is 42.4 Å². The van der Waals surface area contributed by atoms with E-state index in [4.69, 9.17) is 15.9 Å². The number of nitrogens with one attached hydrogen (secondary N) is 2. The largest absolute Gasteiger partial charge is 1.00 e. The maximum Gasteiger partial charge on any atom is 1.00 e. The van der Waals surface area contributed by atoms with Crippen LogP contribution in [-0.2, 0) is 19.2 Å². The molecule has 22 heavy (non-hydrogen) atoms. The van der Waals surface area contributed by atoms with E-state index in [1.807, 2.05) is 0 Å². The zero-order valence-electron chi connectivity index (χ0n) is 14.5. The van der Waals surface area contributed by atoms with Gasteiger partial charge < -0.3 is 29.4 Å². The van der Waals surface area contributed by atoms with Gasteiger partial charge in [-0.25, -0.2) is 0 Å². The van der Waals surface area contributed by atoms with Crippen molar-refractivity contribution in [2.24, 2.45) is 5.73 Å². The first-order valence-corrected chi connectivity index (χ1v) is 6.29. The number of hydrogen-bond donors (Lipinski definition) is 6. The molecule has 0 spiro atoms. The van der Waals surface area contributed by atoms with Crippen LogP contribution >= 0.6 is 12.6 Å². The van der Waals surface area contributed by atoms with Crippen molar-refractivity contribution in [1.82, 2.24) is 10.6 Å². The average molecular weight is 355 g/mol. The van der Waals surface area contributed by atoms with Crippen LogP contribution in [0.5, 0.6) is 0 Å². The van der Waals surface area contributed by atoms with Gasteiger partial charge in [-0.1, -0.05) is 0 Å². The van der Waals surface area contributed by atoms with Crippen LogP contribution in [0.2, 0.25) is 0 Å². The molecule has 0 aliphatic carbocycles. The number of thiol groups is 1. The van der Waals surface area contributed by atoms with E-state index >= 15 is 0 Å². The van der Waals surface area contributed by atoms with Crippen molar-refractivity contribution in [3.8, 4) is 0 Å². The predicted molar refractivity (Wildman–Crippen MR) is 73.5 cm³/mol. The third-order valence-corrected chi connectivity index (χ3v) is 2.61. The molecule has 0 heterocycles. The van der Waals surface area contributed by atoms with Crippen molar-refractivity contribution in [3.05, 3.63) is 0 Å². The van der Waals surface area contributed by atoms with E-state index in [0.29, 0.717) is 0 Å². The molecule has 0 aliphatic heterocycles. The van der Waals surface area contributed by atoms with Crippen LogP contribution in [0.4, 0.5) is 0 Å². The SMILES string of the molecule is N[C@@H](CCC(=O)N[C@@H](CS)C(=O)NCC(=O)O)C(=O)O.[H-].[H-].[Na+].[Na+]. The molecule has 0 saturated heterocycles. The monoisotopic (exact) mass is 355 g/mol. The van der Waals surface area contributed by atoms with Gasteiger partial charge in [-0.3, -0.25) is 19.2 Å². The minimum atomic E-state index is -1.22. The first kappa shape index (κ1) is 27.1. The fraction of sp³-hybridized carbons (Fsp3) is 0.600. The Hall–Kier alpha value is 0.190. The molecule has 9 nitrogen and oxygen atoms in total. The van der Waals surface area contributed by atoms with Crippen LogP contribution in [0.1, 0.15) is 15.7 Å². The van der Waals surface area contributed by atoms with Crippen LogP contribution in [0.15, 0.2) is 0 Å². The van der Waals surface area contributed by atoms with Crippen LogP contribution in [-0.4, -0.2) is 58.3 Å². The summed E-state index contributed by atoms with van der Waals surface area (Å²) in [7, 11) is 0. The molecule has 118 valence electrons. The summed E-state index contributed by atoms with van der Waals surface area (Å²) in [6, 6.07) is -2.15. The second-order valence-electron chi connectivity index (χ2n) is 3.90. The summed E-state index contributed by atoms with van der Waals surface area (Å²) in [5.41, 5.74) is 5.23. The summed E-state index contributed by atoms with van der Waals surface area (Å²) in [5, 5.41) is 21.4. The summed E-state index contributed by atoms with van der Waals surface area (Å²) < 4.78 is 0. The number of carbonyl (C=O) groups excluding carboxylic acids is 2. The summed E-state index contributed by atoms with van der Waals surface area (Å²) >= 11 is 3.87. The van der Waals surface area contributed by atoms with Crippen molar-refractivity contribution < 1.29 is 91.4 Å². The summed E-state index contributed by atoms with van der Waals surface area (Å²) in [6.07, 6.45) is -0.235. The van der Waals surface area contributed by atoms with Gasteiger partial charge >= 0.3 is 71.1 Å². The van der Waals surface area contributed by atoms with Crippen LogP contribution in [0, 0.1) is 0 Å². The van der Waals surface area contributed by atoms with Gasteiger partial charge in [0.05, 0.1) is 0 Å². The van der Waals surface area contributed by atoms with Crippen molar-refractivity contribution in [2.75, 3.05) is 12.3 Å². The standard InChI is InChI=1S/C10H17N3O6S.2Na.2H/c11-5(10(18)19)1-2-7(14)13-6(4-20)9(17)12-3-8(15)16;;;;/h5-6,20H,1-4,11H2,(H,12,17)(H,13,14)(H,15,16)(H,18,19);;;;/q;2*+1;2*-1/t5-,6-;;;;/m0..../s1. The van der Waals surface area contributed by atoms with E-state index in [-0.39, 0.29) is 80.6 Å². The van der Waals surface area contributed by atoms with Gasteiger partial charge in [0.1, 0.15) is 18.6 Å². The van der Waals surface area contributed by atoms with Crippen LogP contribution < -0.4 is 75.5 Å². The molecular formula is C10H19N3Na2O6S. The number of nitrogens with two attached hydrogens (primary N) is 1. The van der Waals surface area contributed by atoms with E-state index in [2.05, 4.69) is 23.3 Å². The number of carbonyl (C=O) groups is 4. The maximum atomic E-state index is 11.5. The number of carboxylic acids is 2. The van der Waals surface area contributed by atoms with Crippen molar-refractivity contribution in [3.63, 3.8) is 0 Å². The molecule has 12 heteroatoms. The molecule has 6 N–H and O–H groups in total. The summed E-state index contributed by atoms with van der Waals surface area (Å²) in [5.74, 6) is -3.70. The Bertz CT molecular complexity index is 409. The molecular weight excluding hydrogens is 336 g/mol. The molecule has 0 aliphatic rings. The van der Waals surface area contributed by atoms with Crippen molar-refractivity contribution in [2.45, 2.75) is 24.9 Å². The number of rotatable bonds is 9. The molecule has 0 aromatic carbocycles. The van der Waals surface area contributed by atoms with E-state index in [1.54, 1.807) is 0 Å². The van der Waals surface area contributed by atoms with Gasteiger partial charge in [0.15, 0.2) is 0 Å². The first-order chi connectivity index (χ1) is 9.27. The third kappa shape index (κ3) is 12.7. The molecule has 0 aromatic heterocycles. The van der Waals surface area contributed by atoms with Gasteiger partial charge in [0, 0.05) is 12.2 Å². The second kappa shape index (κ2) is 14.8. The average Bonchev–Trinajstić information content (AvgIpc) is 2.38. The number of amides is 2. The van der Waals surface area contributed by atoms with Crippen molar-refractivity contribution >= 4 is 36.4 Å². The molecule has 2 amide bonds.